The molecule has 0 unspecified atom stereocenters. The van der Waals surface area contributed by atoms with E-state index in [4.69, 9.17) is 9.90 Å². The summed E-state index contributed by atoms with van der Waals surface area (Å²) in [5.74, 6) is -0.833. The predicted octanol–water partition coefficient (Wildman–Crippen LogP) is -0.828. The Kier molecular flexibility index (Phi) is 24.5. The van der Waals surface area contributed by atoms with E-state index in [2.05, 4.69) is 0 Å². The van der Waals surface area contributed by atoms with E-state index in [1.54, 1.807) is 0 Å². The van der Waals surface area contributed by atoms with Gasteiger partial charge in [0.15, 0.2) is 0 Å². The second-order valence-electron chi connectivity index (χ2n) is 0.519. The molecule has 0 aromatic rings. The van der Waals surface area contributed by atoms with E-state index >= 15 is 0 Å². The average Bonchev–Trinajstić information content (AvgIpc) is 0.811. The van der Waals surface area contributed by atoms with Crippen molar-refractivity contribution in [2.45, 2.75) is 6.92 Å². The SMILES string of the molecule is CC(=O)O.[MgH2].[Zn]. The topological polar surface area (TPSA) is 37.3 Å². The molecule has 0 spiro atoms. The number of carboxylic acid groups (broad SMARTS) is 1. The monoisotopic (exact) mass is 150 g/mol. The molecule has 0 aliphatic carbocycles. The van der Waals surface area contributed by atoms with Crippen LogP contribution in [0.15, 0.2) is 0 Å². The van der Waals surface area contributed by atoms with Crippen molar-refractivity contribution in [3.63, 3.8) is 0 Å². The minimum Gasteiger partial charge on any atom is -0.481 e. The van der Waals surface area contributed by atoms with Gasteiger partial charge in [-0.2, -0.15) is 0 Å². The van der Waals surface area contributed by atoms with Gasteiger partial charge in [-0.25, -0.2) is 0 Å². The van der Waals surface area contributed by atoms with Crippen LogP contribution in [0.1, 0.15) is 6.92 Å². The van der Waals surface area contributed by atoms with Crippen molar-refractivity contribution in [2.75, 3.05) is 0 Å². The molecule has 0 amide bonds. The molecule has 0 bridgehead atoms. The molecule has 0 aromatic carbocycles. The van der Waals surface area contributed by atoms with E-state index in [1.165, 1.54) is 0 Å². The van der Waals surface area contributed by atoms with Crippen molar-refractivity contribution in [1.82, 2.24) is 0 Å². The van der Waals surface area contributed by atoms with Crippen LogP contribution < -0.4 is 0 Å². The first-order chi connectivity index (χ1) is 1.73. The fourth-order valence-corrected chi connectivity index (χ4v) is 0. The van der Waals surface area contributed by atoms with Gasteiger partial charge < -0.3 is 5.11 Å². The molecule has 4 heteroatoms. The van der Waals surface area contributed by atoms with Crippen molar-refractivity contribution in [2.24, 2.45) is 0 Å². The van der Waals surface area contributed by atoms with Gasteiger partial charge in [0.25, 0.3) is 5.97 Å². The van der Waals surface area contributed by atoms with Crippen molar-refractivity contribution in [1.29, 1.82) is 0 Å². The average molecular weight is 152 g/mol. The van der Waals surface area contributed by atoms with Gasteiger partial charge in [0.05, 0.1) is 0 Å². The Bertz CT molecular complexity index is 34.5. The van der Waals surface area contributed by atoms with Crippen molar-refractivity contribution >= 4 is 29.0 Å². The fourth-order valence-electron chi connectivity index (χ4n) is 0. The molecule has 0 fully saturated rings. The normalized spacial score (nSPS) is 4.17. The van der Waals surface area contributed by atoms with Crippen LogP contribution in [-0.2, 0) is 24.3 Å². The van der Waals surface area contributed by atoms with Gasteiger partial charge in [-0.1, -0.05) is 0 Å². The minimum atomic E-state index is -0.833. The third-order valence-corrected chi connectivity index (χ3v) is 0. The number of hydrogen-bond acceptors (Lipinski definition) is 1. The van der Waals surface area contributed by atoms with Gasteiger partial charge in [-0.3, -0.25) is 4.79 Å². The molecule has 0 radical (unpaired) electrons. The fraction of sp³-hybridized carbons (Fsp3) is 0.500. The summed E-state index contributed by atoms with van der Waals surface area (Å²) in [6.07, 6.45) is 0. The van der Waals surface area contributed by atoms with Crippen LogP contribution in [-0.4, -0.2) is 34.1 Å². The molecule has 30 valence electrons. The second-order valence-corrected chi connectivity index (χ2v) is 0.519. The summed E-state index contributed by atoms with van der Waals surface area (Å²) in [6.45, 7) is 1.08. The smallest absolute Gasteiger partial charge is 0.316 e. The molecule has 0 aliphatic heterocycles. The summed E-state index contributed by atoms with van der Waals surface area (Å²) in [6, 6.07) is 0. The molecule has 0 saturated carbocycles. The Balaban J connectivity index is -0.0000000450. The molecule has 6 heavy (non-hydrogen) atoms. The van der Waals surface area contributed by atoms with E-state index in [1.807, 2.05) is 0 Å². The van der Waals surface area contributed by atoms with Gasteiger partial charge in [-0.15, -0.1) is 0 Å². The first kappa shape index (κ1) is 15.8. The molecule has 2 nitrogen and oxygen atoms in total. The zero-order valence-corrected chi connectivity index (χ0v) is 6.03. The maximum Gasteiger partial charge on any atom is 0.316 e. The van der Waals surface area contributed by atoms with Crippen molar-refractivity contribution < 1.29 is 29.4 Å². The summed E-state index contributed by atoms with van der Waals surface area (Å²) >= 11 is 0. The zero-order chi connectivity index (χ0) is 3.58. The van der Waals surface area contributed by atoms with Gasteiger partial charge in [0.1, 0.15) is 0 Å². The Morgan fingerprint density at radius 2 is 1.67 bits per heavy atom. The maximum atomic E-state index is 9.00. The number of carbonyl (C=O) groups is 1. The first-order valence-corrected chi connectivity index (χ1v) is 0.928. The van der Waals surface area contributed by atoms with Gasteiger partial charge in [0.2, 0.25) is 0 Å². The van der Waals surface area contributed by atoms with Gasteiger partial charge in [0, 0.05) is 26.4 Å². The van der Waals surface area contributed by atoms with Crippen molar-refractivity contribution in [3.8, 4) is 0 Å². The third kappa shape index (κ3) is 98.0. The molecular weight excluding hydrogens is 146 g/mol. The van der Waals surface area contributed by atoms with E-state index in [9.17, 15) is 0 Å². The summed E-state index contributed by atoms with van der Waals surface area (Å²) in [4.78, 5) is 9.00. The van der Waals surface area contributed by atoms with Crippen LogP contribution >= 0.6 is 0 Å². The third-order valence-electron chi connectivity index (χ3n) is 0. The summed E-state index contributed by atoms with van der Waals surface area (Å²) in [5, 5.41) is 7.42. The predicted molar refractivity (Wildman–Crippen MR) is 21.9 cm³/mol. The van der Waals surface area contributed by atoms with E-state index in [-0.39, 0.29) is 42.5 Å². The Hall–Kier alpha value is 0.860. The second kappa shape index (κ2) is 9.29. The zero-order valence-electron chi connectivity index (χ0n) is 3.06. The number of hydrogen-bond donors (Lipinski definition) is 1. The maximum absolute atomic E-state index is 9.00. The molecule has 0 heterocycles. The van der Waals surface area contributed by atoms with Gasteiger partial charge in [-0.05, 0) is 0 Å². The van der Waals surface area contributed by atoms with Crippen molar-refractivity contribution in [3.05, 3.63) is 0 Å². The standard InChI is InChI=1S/C2H4O2.Mg.Zn.2H/c1-2(3)4;;;;/h1H3,(H,3,4);;;;. The van der Waals surface area contributed by atoms with Crippen LogP contribution in [0.25, 0.3) is 0 Å². The Labute approximate surface area is 65.2 Å². The number of aliphatic carboxylic acids is 1. The number of rotatable bonds is 0. The van der Waals surface area contributed by atoms with E-state index in [0.717, 1.165) is 6.92 Å². The van der Waals surface area contributed by atoms with Crippen LogP contribution in [0.5, 0.6) is 0 Å². The molecule has 0 saturated heterocycles. The number of carboxylic acids is 1. The summed E-state index contributed by atoms with van der Waals surface area (Å²) < 4.78 is 0. The Morgan fingerprint density at radius 3 is 1.67 bits per heavy atom. The molecule has 0 rings (SSSR count). The minimum absolute atomic E-state index is 0. The molecule has 0 aromatic heterocycles. The molecule has 0 atom stereocenters. The molecular formula is C2H6MgO2Zn. The first-order valence-electron chi connectivity index (χ1n) is 0.928. The Morgan fingerprint density at radius 1 is 1.67 bits per heavy atom. The quantitative estimate of drug-likeness (QED) is 0.460. The van der Waals surface area contributed by atoms with Crippen LogP contribution in [0.4, 0.5) is 0 Å². The largest absolute Gasteiger partial charge is 0.481 e. The van der Waals surface area contributed by atoms with Gasteiger partial charge >= 0.3 is 23.1 Å². The molecule has 0 aliphatic rings. The van der Waals surface area contributed by atoms with E-state index < -0.39 is 5.97 Å². The molecule has 1 N–H and O–H groups in total. The summed E-state index contributed by atoms with van der Waals surface area (Å²) in [5.41, 5.74) is 0. The van der Waals surface area contributed by atoms with E-state index in [0.29, 0.717) is 0 Å². The summed E-state index contributed by atoms with van der Waals surface area (Å²) in [7, 11) is 0. The van der Waals surface area contributed by atoms with Crippen LogP contribution in [0.2, 0.25) is 0 Å². The van der Waals surface area contributed by atoms with Crippen LogP contribution in [0.3, 0.4) is 0 Å². The van der Waals surface area contributed by atoms with Crippen LogP contribution in [0, 0.1) is 0 Å².